The van der Waals surface area contributed by atoms with Crippen molar-refractivity contribution < 1.29 is 154 Å². The zero-order valence-corrected chi connectivity index (χ0v) is 26.6. The standard InChI is InChI=1S/C17Cl3F35Si/c18-56(19,20)17(54,55)15(49,50)13(45,46)11(41,42)9(37,38)7(33,34)5(29,30)3(25,26)1(21,22)2(23,24)4(27,28)6(31,32)8(35,36)10(39,40)12(43,44)14(47,48)16(51,52)53. The quantitative estimate of drug-likeness (QED) is 0.0821. The molecule has 0 amide bonds. The minimum atomic E-state index is -10.4. The van der Waals surface area contributed by atoms with Crippen LogP contribution in [-0.4, -0.2) is 107 Å². The van der Waals surface area contributed by atoms with Gasteiger partial charge in [0.15, 0.2) is 0 Å². The average molecular weight is 1000 g/mol. The Kier molecular flexibility index (Phi) is 12.8. The van der Waals surface area contributed by atoms with Crippen molar-refractivity contribution in [3.05, 3.63) is 0 Å². The van der Waals surface area contributed by atoms with E-state index in [1.165, 1.54) is 0 Å². The molecule has 0 aromatic rings. The zero-order chi connectivity index (χ0) is 47.0. The van der Waals surface area contributed by atoms with Gasteiger partial charge in [-0.15, -0.1) is 33.2 Å². The summed E-state index contributed by atoms with van der Waals surface area (Å²) < 4.78 is 473. The average Bonchev–Trinajstić information content (AvgIpc) is 2.94. The zero-order valence-electron chi connectivity index (χ0n) is 23.4. The Balaban J connectivity index is 7.85. The number of hydrogen-bond donors (Lipinski definition) is 0. The summed E-state index contributed by atoms with van der Waals surface area (Å²) in [5.74, 6) is -148. The van der Waals surface area contributed by atoms with Crippen LogP contribution in [0.25, 0.3) is 0 Å². The topological polar surface area (TPSA) is 0 Å². The van der Waals surface area contributed by atoms with Crippen LogP contribution in [0.15, 0.2) is 0 Å². The van der Waals surface area contributed by atoms with Gasteiger partial charge in [-0.1, -0.05) is 0 Å². The van der Waals surface area contributed by atoms with Crippen LogP contribution in [0, 0.1) is 0 Å². The van der Waals surface area contributed by atoms with Gasteiger partial charge in [-0.25, -0.2) is 0 Å². The smallest absolute Gasteiger partial charge is 0.200 e. The molecular weight excluding hydrogens is 1000 g/mol. The SMILES string of the molecule is FC(F)(F)C(F)(F)C(F)(F)C(F)(F)C(F)(F)C(F)(F)C(F)(F)C(F)(F)C(F)(F)C(F)(F)C(F)(F)C(F)(F)C(F)(F)C(F)(F)C(F)(F)C(F)(F)C(F)(F)[Si](Cl)(Cl)Cl. The van der Waals surface area contributed by atoms with Crippen molar-refractivity contribution in [3.8, 4) is 0 Å². The van der Waals surface area contributed by atoms with Gasteiger partial charge in [0.25, 0.3) is 0 Å². The highest BCUT2D eigenvalue weighted by molar-refractivity contribution is 7.65. The maximum Gasteiger partial charge on any atom is 0.460 e. The molecule has 0 fully saturated rings. The first kappa shape index (κ1) is 54.6. The first-order valence-electron chi connectivity index (χ1n) is 11.4. The van der Waals surface area contributed by atoms with Crippen LogP contribution in [0.2, 0.25) is 0 Å². The Labute approximate surface area is 294 Å². The predicted molar refractivity (Wildman–Crippen MR) is 109 cm³/mol. The molecule has 0 spiro atoms. The Bertz CT molecular complexity index is 1340. The van der Waals surface area contributed by atoms with E-state index in [0.717, 1.165) is 0 Å². The van der Waals surface area contributed by atoms with E-state index in [1.807, 2.05) is 0 Å². The third-order valence-corrected chi connectivity index (χ3v) is 9.79. The summed E-state index contributed by atoms with van der Waals surface area (Å²) in [5.41, 5.74) is -7.56. The van der Waals surface area contributed by atoms with Gasteiger partial charge >= 0.3 is 107 Å². The van der Waals surface area contributed by atoms with Gasteiger partial charge in [0.2, 0.25) is 0 Å². The molecule has 0 aromatic heterocycles. The van der Waals surface area contributed by atoms with Gasteiger partial charge in [-0.05, 0) is 0 Å². The van der Waals surface area contributed by atoms with Crippen LogP contribution >= 0.6 is 33.2 Å². The second-order valence-electron chi connectivity index (χ2n) is 10.2. The first-order chi connectivity index (χ1) is 23.2. The minimum absolute atomic E-state index is 4.11. The van der Waals surface area contributed by atoms with Gasteiger partial charge in [0.05, 0.1) is 0 Å². The summed E-state index contributed by atoms with van der Waals surface area (Å²) >= 11 is 12.3. The third kappa shape index (κ3) is 6.10. The normalized spacial score (nSPS) is 17.5. The molecule has 0 atom stereocenters. The molecule has 39 heteroatoms. The molecule has 56 heavy (non-hydrogen) atoms. The molecule has 0 aliphatic carbocycles. The lowest BCUT2D eigenvalue weighted by atomic mass is 9.82. The van der Waals surface area contributed by atoms with E-state index in [2.05, 4.69) is 33.2 Å². The fraction of sp³-hybridized carbons (Fsp3) is 1.00. The van der Waals surface area contributed by atoms with Crippen LogP contribution in [0.4, 0.5) is 154 Å². The second-order valence-corrected chi connectivity index (χ2v) is 18.7. The third-order valence-electron chi connectivity index (χ3n) is 6.63. The molecule has 0 saturated carbocycles. The lowest BCUT2D eigenvalue weighted by molar-refractivity contribution is -0.492. The Morgan fingerprint density at radius 2 is 0.286 bits per heavy atom. The van der Waals surface area contributed by atoms with E-state index >= 15 is 0 Å². The maximum atomic E-state index is 13.9. The van der Waals surface area contributed by atoms with Crippen molar-refractivity contribution in [1.29, 1.82) is 0 Å². The van der Waals surface area contributed by atoms with Crippen LogP contribution in [0.3, 0.4) is 0 Å². The number of hydrogen-bond acceptors (Lipinski definition) is 0. The summed E-state index contributed by atoms with van der Waals surface area (Å²) in [5, 5.41) is 0. The van der Waals surface area contributed by atoms with Gasteiger partial charge in [0, 0.05) is 0 Å². The molecule has 0 rings (SSSR count). The van der Waals surface area contributed by atoms with Gasteiger partial charge in [-0.3, -0.25) is 0 Å². The highest BCUT2D eigenvalue weighted by Gasteiger charge is 3.02. The summed E-state index contributed by atoms with van der Waals surface area (Å²) in [6.07, 6.45) is -8.44. The van der Waals surface area contributed by atoms with Crippen LogP contribution in [0.5, 0.6) is 0 Å². The number of alkyl halides is 35. The predicted octanol–water partition coefficient (Wildman–Crippen LogP) is 12.9. The summed E-state index contributed by atoms with van der Waals surface area (Å²) in [4.78, 5) is 0. The van der Waals surface area contributed by atoms with Crippen molar-refractivity contribution in [3.63, 3.8) is 0 Å². The highest BCUT2D eigenvalue weighted by atomic mass is 35.8. The summed E-state index contributed by atoms with van der Waals surface area (Å²) in [7, 11) is 0. The van der Waals surface area contributed by atoms with Crippen molar-refractivity contribution in [2.24, 2.45) is 0 Å². The monoisotopic (exact) mass is 1000 g/mol. The van der Waals surface area contributed by atoms with Gasteiger partial charge in [-0.2, -0.15) is 154 Å². The minimum Gasteiger partial charge on any atom is -0.200 e. The fourth-order valence-electron chi connectivity index (χ4n) is 3.12. The van der Waals surface area contributed by atoms with Gasteiger partial charge in [0.1, 0.15) is 0 Å². The van der Waals surface area contributed by atoms with Crippen molar-refractivity contribution in [2.45, 2.75) is 101 Å². The van der Waals surface area contributed by atoms with Crippen LogP contribution < -0.4 is 0 Å². The molecule has 338 valence electrons. The maximum absolute atomic E-state index is 13.9. The molecule has 0 N–H and O–H groups in total. The summed E-state index contributed by atoms with van der Waals surface area (Å²) in [6, 6.07) is -7.24. The molecule has 0 radical (unpaired) electrons. The highest BCUT2D eigenvalue weighted by Crippen LogP contribution is 2.70. The lowest BCUT2D eigenvalue weighted by Crippen LogP contribution is -2.80. The molecule has 0 bridgehead atoms. The molecule has 0 aliphatic rings. The van der Waals surface area contributed by atoms with Gasteiger partial charge < -0.3 is 0 Å². The molecule has 0 aromatic carbocycles. The summed E-state index contributed by atoms with van der Waals surface area (Å²) in [6.45, 7) is 0. The first-order valence-corrected chi connectivity index (χ1v) is 16.5. The second kappa shape index (κ2) is 13.1. The molecule has 0 saturated heterocycles. The van der Waals surface area contributed by atoms with Crippen molar-refractivity contribution in [2.75, 3.05) is 0 Å². The number of rotatable bonds is 16. The van der Waals surface area contributed by atoms with E-state index in [9.17, 15) is 154 Å². The van der Waals surface area contributed by atoms with Crippen LogP contribution in [-0.2, 0) is 0 Å². The van der Waals surface area contributed by atoms with Crippen molar-refractivity contribution >= 4 is 39.2 Å². The van der Waals surface area contributed by atoms with E-state index in [-0.39, 0.29) is 0 Å². The molecule has 0 aliphatic heterocycles. The van der Waals surface area contributed by atoms with E-state index < -0.39 is 107 Å². The number of halogens is 38. The Morgan fingerprint density at radius 3 is 0.393 bits per heavy atom. The van der Waals surface area contributed by atoms with E-state index in [4.69, 9.17) is 0 Å². The molecule has 0 heterocycles. The molecule has 0 nitrogen and oxygen atoms in total. The fourth-order valence-corrected chi connectivity index (χ4v) is 4.70. The Hall–Kier alpha value is -1.36. The largest absolute Gasteiger partial charge is 0.460 e. The van der Waals surface area contributed by atoms with Crippen molar-refractivity contribution in [1.82, 2.24) is 0 Å². The van der Waals surface area contributed by atoms with E-state index in [1.54, 1.807) is 0 Å². The molecule has 0 unspecified atom stereocenters. The Morgan fingerprint density at radius 1 is 0.179 bits per heavy atom. The van der Waals surface area contributed by atoms with E-state index in [0.29, 0.717) is 0 Å². The molecular formula is C17Cl3F35Si. The lowest BCUT2D eigenvalue weighted by Gasteiger charge is -2.47. The van der Waals surface area contributed by atoms with Crippen LogP contribution in [0.1, 0.15) is 0 Å².